The minimum atomic E-state index is -0.981. The molecule has 25 heavy (non-hydrogen) atoms. The summed E-state index contributed by atoms with van der Waals surface area (Å²) in [7, 11) is 1.80. The number of anilines is 3. The van der Waals surface area contributed by atoms with Crippen LogP contribution in [0.15, 0.2) is 36.5 Å². The lowest BCUT2D eigenvalue weighted by molar-refractivity contribution is 0.150. The van der Waals surface area contributed by atoms with Crippen molar-refractivity contribution < 1.29 is 9.13 Å². The molecule has 1 aromatic heterocycles. The van der Waals surface area contributed by atoms with Gasteiger partial charge in [-0.25, -0.2) is 9.37 Å². The van der Waals surface area contributed by atoms with Crippen molar-refractivity contribution in [2.75, 3.05) is 43.9 Å². The molecule has 7 heteroatoms. The Morgan fingerprint density at radius 3 is 2.92 bits per heavy atom. The number of nitrogens with zero attached hydrogens (tertiary/aromatic N) is 3. The maximum Gasteiger partial charge on any atom is 0.229 e. The molecule has 2 N–H and O–H groups in total. The first-order valence-corrected chi connectivity index (χ1v) is 8.60. The van der Waals surface area contributed by atoms with Gasteiger partial charge < -0.3 is 20.3 Å². The van der Waals surface area contributed by atoms with Crippen LogP contribution in [-0.2, 0) is 0 Å². The molecule has 0 saturated carbocycles. The number of hydrogen-bond acceptors (Lipinski definition) is 6. The third-order valence-electron chi connectivity index (χ3n) is 4.09. The molecule has 6 nitrogen and oxygen atoms in total. The van der Waals surface area contributed by atoms with Crippen molar-refractivity contribution in [2.24, 2.45) is 0 Å². The van der Waals surface area contributed by atoms with Gasteiger partial charge in [-0.15, -0.1) is 0 Å². The highest BCUT2D eigenvalue weighted by Gasteiger charge is 2.17. The van der Waals surface area contributed by atoms with E-state index in [0.29, 0.717) is 18.2 Å². The van der Waals surface area contributed by atoms with Crippen LogP contribution in [0.2, 0.25) is 0 Å². The molecule has 3 rings (SSSR count). The fourth-order valence-corrected chi connectivity index (χ4v) is 2.84. The molecular weight excluding hydrogens is 321 g/mol. The van der Waals surface area contributed by atoms with Gasteiger partial charge in [-0.2, -0.15) is 4.98 Å². The summed E-state index contributed by atoms with van der Waals surface area (Å²) in [5.41, 5.74) is 0.792. The van der Waals surface area contributed by atoms with Crippen LogP contribution in [0, 0.1) is 0 Å². The Kier molecular flexibility index (Phi) is 6.00. The van der Waals surface area contributed by atoms with Crippen molar-refractivity contribution in [3.8, 4) is 5.75 Å². The van der Waals surface area contributed by atoms with Gasteiger partial charge in [0.05, 0.1) is 0 Å². The number of likely N-dealkylation sites (tertiary alicyclic amines) is 1. The summed E-state index contributed by atoms with van der Waals surface area (Å²) < 4.78 is 19.7. The van der Waals surface area contributed by atoms with E-state index < -0.39 is 6.17 Å². The lowest BCUT2D eigenvalue weighted by Crippen LogP contribution is -2.31. The molecule has 0 radical (unpaired) electrons. The van der Waals surface area contributed by atoms with Crippen molar-refractivity contribution in [2.45, 2.75) is 19.0 Å². The van der Waals surface area contributed by atoms with Crippen molar-refractivity contribution >= 4 is 17.5 Å². The van der Waals surface area contributed by atoms with Crippen molar-refractivity contribution in [3.63, 3.8) is 0 Å². The number of hydrogen-bond donors (Lipinski definition) is 2. The molecule has 0 amide bonds. The zero-order chi connectivity index (χ0) is 17.5. The van der Waals surface area contributed by atoms with Crippen molar-refractivity contribution in [3.05, 3.63) is 36.5 Å². The van der Waals surface area contributed by atoms with E-state index in [1.165, 1.54) is 0 Å². The molecule has 0 spiro atoms. The first-order chi connectivity index (χ1) is 12.2. The molecule has 1 aromatic carbocycles. The minimum Gasteiger partial charge on any atom is -0.490 e. The number of halogens is 1. The Bertz CT molecular complexity index is 678. The normalized spacial score (nSPS) is 15.8. The number of ether oxygens (including phenoxy) is 1. The largest absolute Gasteiger partial charge is 0.490 e. The second kappa shape index (κ2) is 8.62. The van der Waals surface area contributed by atoms with E-state index >= 15 is 0 Å². The van der Waals surface area contributed by atoms with Gasteiger partial charge in [0.15, 0.2) is 0 Å². The fraction of sp³-hybridized carbons (Fsp3) is 0.444. The van der Waals surface area contributed by atoms with Gasteiger partial charge >= 0.3 is 0 Å². The first-order valence-electron chi connectivity index (χ1n) is 8.60. The molecule has 134 valence electrons. The van der Waals surface area contributed by atoms with E-state index in [1.54, 1.807) is 19.3 Å². The van der Waals surface area contributed by atoms with Gasteiger partial charge in [-0.05, 0) is 44.1 Å². The first kappa shape index (κ1) is 17.4. The topological polar surface area (TPSA) is 62.3 Å². The summed E-state index contributed by atoms with van der Waals surface area (Å²) in [5.74, 6) is 1.84. The zero-order valence-corrected chi connectivity index (χ0v) is 14.4. The predicted molar refractivity (Wildman–Crippen MR) is 97.4 cm³/mol. The molecule has 1 aliphatic heterocycles. The number of rotatable bonds is 8. The van der Waals surface area contributed by atoms with Crippen LogP contribution in [0.5, 0.6) is 5.75 Å². The van der Waals surface area contributed by atoms with Crippen LogP contribution in [0.4, 0.5) is 21.8 Å². The summed E-state index contributed by atoms with van der Waals surface area (Å²) >= 11 is 0. The Labute approximate surface area is 147 Å². The summed E-state index contributed by atoms with van der Waals surface area (Å²) in [5, 5.41) is 6.09. The molecule has 1 unspecified atom stereocenters. The summed E-state index contributed by atoms with van der Waals surface area (Å²) in [6.07, 6.45) is 3.02. The van der Waals surface area contributed by atoms with E-state index in [1.807, 2.05) is 24.3 Å². The van der Waals surface area contributed by atoms with Crippen LogP contribution in [0.3, 0.4) is 0 Å². The monoisotopic (exact) mass is 345 g/mol. The van der Waals surface area contributed by atoms with E-state index in [4.69, 9.17) is 4.74 Å². The van der Waals surface area contributed by atoms with Crippen LogP contribution in [0.25, 0.3) is 0 Å². The summed E-state index contributed by atoms with van der Waals surface area (Å²) in [6.45, 7) is 2.49. The van der Waals surface area contributed by atoms with Crippen molar-refractivity contribution in [1.82, 2.24) is 14.9 Å². The molecule has 1 aliphatic rings. The molecule has 2 heterocycles. The number of benzene rings is 1. The standard InChI is InChI=1S/C18H24FN5O/c1-20-17-7-8-21-18(23-17)22-15-5-4-6-16(11-15)25-13-14(19)12-24-9-2-3-10-24/h4-8,11,14H,2-3,9-10,12-13H2,1H3,(H2,20,21,22,23). The fourth-order valence-electron chi connectivity index (χ4n) is 2.84. The van der Waals surface area contributed by atoms with Crippen LogP contribution < -0.4 is 15.4 Å². The SMILES string of the molecule is CNc1ccnc(Nc2cccc(OCC(F)CN3CCCC3)c2)n1. The van der Waals surface area contributed by atoms with Gasteiger partial charge in [-0.1, -0.05) is 6.07 Å². The molecule has 0 aliphatic carbocycles. The molecule has 1 saturated heterocycles. The molecule has 2 aromatic rings. The van der Waals surface area contributed by atoms with Crippen LogP contribution in [-0.4, -0.2) is 54.3 Å². The highest BCUT2D eigenvalue weighted by Crippen LogP contribution is 2.21. The number of alkyl halides is 1. The molecule has 0 bridgehead atoms. The van der Waals surface area contributed by atoms with E-state index in [-0.39, 0.29) is 6.61 Å². The zero-order valence-electron chi connectivity index (χ0n) is 14.4. The Morgan fingerprint density at radius 2 is 2.12 bits per heavy atom. The maximum atomic E-state index is 14.1. The van der Waals surface area contributed by atoms with Gasteiger partial charge in [0.1, 0.15) is 24.3 Å². The molecule has 1 fully saturated rings. The van der Waals surface area contributed by atoms with E-state index in [0.717, 1.165) is 37.4 Å². The van der Waals surface area contributed by atoms with Crippen molar-refractivity contribution in [1.29, 1.82) is 0 Å². The lowest BCUT2D eigenvalue weighted by atomic mass is 10.3. The molecular formula is C18H24FN5O. The van der Waals surface area contributed by atoms with Gasteiger partial charge in [0.25, 0.3) is 0 Å². The smallest absolute Gasteiger partial charge is 0.229 e. The maximum absolute atomic E-state index is 14.1. The third kappa shape index (κ3) is 5.29. The van der Waals surface area contributed by atoms with Crippen LogP contribution >= 0.6 is 0 Å². The Hall–Kier alpha value is -2.41. The number of nitrogens with one attached hydrogen (secondary N) is 2. The van der Waals surface area contributed by atoms with Gasteiger partial charge in [0.2, 0.25) is 5.95 Å². The summed E-state index contributed by atoms with van der Waals surface area (Å²) in [4.78, 5) is 10.6. The van der Waals surface area contributed by atoms with E-state index in [9.17, 15) is 4.39 Å². The highest BCUT2D eigenvalue weighted by atomic mass is 19.1. The minimum absolute atomic E-state index is 0.0612. The highest BCUT2D eigenvalue weighted by molar-refractivity contribution is 5.56. The van der Waals surface area contributed by atoms with Gasteiger partial charge in [0, 0.05) is 31.5 Å². The predicted octanol–water partition coefficient (Wildman–Crippen LogP) is 3.07. The number of aromatic nitrogens is 2. The van der Waals surface area contributed by atoms with E-state index in [2.05, 4.69) is 25.5 Å². The average molecular weight is 345 g/mol. The second-order valence-electron chi connectivity index (χ2n) is 6.08. The quantitative estimate of drug-likeness (QED) is 0.767. The second-order valence-corrected chi connectivity index (χ2v) is 6.08. The van der Waals surface area contributed by atoms with Gasteiger partial charge in [-0.3, -0.25) is 0 Å². The molecule has 1 atom stereocenters. The Balaban J connectivity index is 1.53. The summed E-state index contributed by atoms with van der Waals surface area (Å²) in [6, 6.07) is 9.16. The lowest BCUT2D eigenvalue weighted by Gasteiger charge is -2.18. The Morgan fingerprint density at radius 1 is 1.28 bits per heavy atom. The average Bonchev–Trinajstić information content (AvgIpc) is 3.13. The third-order valence-corrected chi connectivity index (χ3v) is 4.09. The van der Waals surface area contributed by atoms with Crippen LogP contribution in [0.1, 0.15) is 12.8 Å².